The van der Waals surface area contributed by atoms with Crippen LogP contribution in [0.1, 0.15) is 41.2 Å². The molecule has 0 unspecified atom stereocenters. The van der Waals surface area contributed by atoms with E-state index in [4.69, 9.17) is 9.15 Å². The van der Waals surface area contributed by atoms with Crippen LogP contribution in [0.5, 0.6) is 5.75 Å². The van der Waals surface area contributed by atoms with E-state index in [1.54, 1.807) is 49.6 Å². The number of hydrogen-bond donors (Lipinski definition) is 1. The Bertz CT molecular complexity index is 1240. The lowest BCUT2D eigenvalue weighted by atomic mass is 9.97. The van der Waals surface area contributed by atoms with Crippen molar-refractivity contribution in [1.82, 2.24) is 9.88 Å². The lowest BCUT2D eigenvalue weighted by molar-refractivity contribution is -0.140. The average molecular weight is 430 g/mol. The Morgan fingerprint density at radius 3 is 2.78 bits per heavy atom. The van der Waals surface area contributed by atoms with Crippen LogP contribution in [-0.2, 0) is 22.6 Å². The molecule has 2 aliphatic heterocycles. The second-order valence-corrected chi connectivity index (χ2v) is 8.19. The number of aromatic nitrogens is 1. The molecule has 3 aromatic rings. The summed E-state index contributed by atoms with van der Waals surface area (Å²) >= 11 is 0. The van der Waals surface area contributed by atoms with Crippen LogP contribution in [0.2, 0.25) is 0 Å². The van der Waals surface area contributed by atoms with Crippen molar-refractivity contribution < 1.29 is 23.8 Å². The molecule has 32 heavy (non-hydrogen) atoms. The van der Waals surface area contributed by atoms with E-state index in [0.717, 1.165) is 16.9 Å². The molecule has 0 radical (unpaired) electrons. The summed E-state index contributed by atoms with van der Waals surface area (Å²) < 4.78 is 11.5. The van der Waals surface area contributed by atoms with E-state index in [1.807, 2.05) is 19.1 Å². The van der Waals surface area contributed by atoms with Crippen molar-refractivity contribution >= 4 is 17.4 Å². The average Bonchev–Trinajstić information content (AvgIpc) is 3.44. The third-order valence-electron chi connectivity index (χ3n) is 5.82. The second-order valence-electron chi connectivity index (χ2n) is 8.19. The first-order chi connectivity index (χ1) is 15.4. The highest BCUT2D eigenvalue weighted by Gasteiger charge is 2.47. The molecule has 1 N–H and O–H groups in total. The second kappa shape index (κ2) is 7.67. The Hall–Kier alpha value is -3.87. The third-order valence-corrected chi connectivity index (χ3v) is 5.82. The zero-order chi connectivity index (χ0) is 22.4. The molecule has 1 fully saturated rings. The van der Waals surface area contributed by atoms with Crippen molar-refractivity contribution in [3.63, 3.8) is 0 Å². The minimum Gasteiger partial charge on any atom is -0.507 e. The number of amides is 1. The Morgan fingerprint density at radius 2 is 2.06 bits per heavy atom. The zero-order valence-corrected chi connectivity index (χ0v) is 17.7. The fraction of sp³-hybridized carbons (Fsp3) is 0.240. The Kier molecular flexibility index (Phi) is 4.81. The lowest BCUT2D eigenvalue weighted by Crippen LogP contribution is -2.29. The number of Topliss-reactive ketones (excluding diaryl/α,β-unsaturated/α-hetero) is 1. The maximum Gasteiger partial charge on any atom is 0.296 e. The number of nitrogens with zero attached hydrogens (tertiary/aromatic N) is 2. The van der Waals surface area contributed by atoms with E-state index < -0.39 is 17.7 Å². The molecule has 4 heterocycles. The standard InChI is InChI=1S/C25H22N2O5/c1-14-5-7-20(31-14)22-21(23(28)17-6-8-19-18(11-17)10-15(2)32-19)24(29)25(30)27(22)13-16-4-3-9-26-12-16/h3-9,11-12,15,22,28H,10,13H2,1-2H3/b23-21+/t15-,22-/m0/s1. The number of pyridine rings is 1. The quantitative estimate of drug-likeness (QED) is 0.383. The highest BCUT2D eigenvalue weighted by molar-refractivity contribution is 6.46. The predicted octanol–water partition coefficient (Wildman–Crippen LogP) is 3.93. The number of likely N-dealkylation sites (tertiary alicyclic amines) is 1. The molecular formula is C25H22N2O5. The molecule has 1 saturated heterocycles. The number of hydrogen-bond acceptors (Lipinski definition) is 6. The highest BCUT2D eigenvalue weighted by atomic mass is 16.5. The molecule has 2 atom stereocenters. The fourth-order valence-corrected chi connectivity index (χ4v) is 4.35. The molecule has 0 bridgehead atoms. The number of carbonyl (C=O) groups excluding carboxylic acids is 2. The van der Waals surface area contributed by atoms with Crippen LogP contribution in [0, 0.1) is 6.92 Å². The van der Waals surface area contributed by atoms with E-state index in [2.05, 4.69) is 4.98 Å². The minimum atomic E-state index is -0.840. The van der Waals surface area contributed by atoms with E-state index in [1.165, 1.54) is 4.90 Å². The van der Waals surface area contributed by atoms with Crippen LogP contribution < -0.4 is 4.74 Å². The molecule has 5 rings (SSSR count). The van der Waals surface area contributed by atoms with Gasteiger partial charge >= 0.3 is 0 Å². The van der Waals surface area contributed by atoms with Gasteiger partial charge in [-0.15, -0.1) is 0 Å². The topological polar surface area (TPSA) is 92.9 Å². The van der Waals surface area contributed by atoms with Gasteiger partial charge in [0.1, 0.15) is 35.2 Å². The number of benzene rings is 1. The number of ketones is 1. The van der Waals surface area contributed by atoms with E-state index in [9.17, 15) is 14.7 Å². The summed E-state index contributed by atoms with van der Waals surface area (Å²) in [6.45, 7) is 3.93. The zero-order valence-electron chi connectivity index (χ0n) is 17.7. The first kappa shape index (κ1) is 20.1. The van der Waals surface area contributed by atoms with E-state index in [-0.39, 0.29) is 24.0 Å². The Labute approximate surface area is 184 Å². The van der Waals surface area contributed by atoms with Gasteiger partial charge in [0, 0.05) is 30.9 Å². The number of aryl methyl sites for hydroxylation is 1. The number of ether oxygens (including phenoxy) is 1. The maximum atomic E-state index is 13.1. The van der Waals surface area contributed by atoms with Gasteiger partial charge in [0.05, 0.1) is 5.57 Å². The highest BCUT2D eigenvalue weighted by Crippen LogP contribution is 2.41. The van der Waals surface area contributed by atoms with Gasteiger partial charge in [-0.1, -0.05) is 6.07 Å². The SMILES string of the molecule is Cc1ccc([C@H]2/C(=C(\O)c3ccc4c(c3)C[C@H](C)O4)C(=O)C(=O)N2Cc2cccnc2)o1. The first-order valence-corrected chi connectivity index (χ1v) is 10.5. The van der Waals surface area contributed by atoms with Gasteiger partial charge in [-0.25, -0.2) is 0 Å². The van der Waals surface area contributed by atoms with Crippen molar-refractivity contribution in [2.75, 3.05) is 0 Å². The van der Waals surface area contributed by atoms with Crippen LogP contribution in [0.3, 0.4) is 0 Å². The summed E-state index contributed by atoms with van der Waals surface area (Å²) in [6.07, 6.45) is 4.06. The molecule has 162 valence electrons. The molecule has 2 aromatic heterocycles. The predicted molar refractivity (Wildman–Crippen MR) is 116 cm³/mol. The lowest BCUT2D eigenvalue weighted by Gasteiger charge is -2.23. The molecule has 1 amide bonds. The van der Waals surface area contributed by atoms with Crippen molar-refractivity contribution in [2.45, 2.75) is 39.0 Å². The number of fused-ring (bicyclic) bond motifs is 1. The van der Waals surface area contributed by atoms with Gasteiger partial charge < -0.3 is 19.2 Å². The van der Waals surface area contributed by atoms with Gasteiger partial charge in [0.25, 0.3) is 11.7 Å². The number of aliphatic hydroxyl groups excluding tert-OH is 1. The summed E-state index contributed by atoms with van der Waals surface area (Å²) in [6, 6.07) is 11.6. The monoisotopic (exact) mass is 430 g/mol. The summed E-state index contributed by atoms with van der Waals surface area (Å²) in [5.41, 5.74) is 2.21. The van der Waals surface area contributed by atoms with Gasteiger partial charge in [-0.05, 0) is 61.4 Å². The van der Waals surface area contributed by atoms with Crippen molar-refractivity contribution in [3.8, 4) is 5.75 Å². The molecule has 0 spiro atoms. The first-order valence-electron chi connectivity index (χ1n) is 10.5. The molecule has 7 heteroatoms. The van der Waals surface area contributed by atoms with Gasteiger partial charge in [0.2, 0.25) is 0 Å². The van der Waals surface area contributed by atoms with E-state index in [0.29, 0.717) is 23.5 Å². The smallest absolute Gasteiger partial charge is 0.296 e. The van der Waals surface area contributed by atoms with Crippen molar-refractivity contribution in [3.05, 3.63) is 88.6 Å². The normalized spacial score (nSPS) is 21.6. The van der Waals surface area contributed by atoms with Gasteiger partial charge in [-0.3, -0.25) is 14.6 Å². The van der Waals surface area contributed by atoms with Crippen LogP contribution in [0.4, 0.5) is 0 Å². The minimum absolute atomic E-state index is 0.0140. The molecule has 0 saturated carbocycles. The van der Waals surface area contributed by atoms with Crippen molar-refractivity contribution in [2.24, 2.45) is 0 Å². The van der Waals surface area contributed by atoms with Crippen LogP contribution in [0.15, 0.2) is 64.8 Å². The summed E-state index contributed by atoms with van der Waals surface area (Å²) in [4.78, 5) is 31.6. The molecule has 1 aromatic carbocycles. The van der Waals surface area contributed by atoms with Crippen LogP contribution in [0.25, 0.3) is 5.76 Å². The molecular weight excluding hydrogens is 408 g/mol. The van der Waals surface area contributed by atoms with Gasteiger partial charge in [-0.2, -0.15) is 0 Å². The summed E-state index contributed by atoms with van der Waals surface area (Å²) in [7, 11) is 0. The number of aliphatic hydroxyl groups is 1. The number of rotatable bonds is 4. The Balaban J connectivity index is 1.62. The van der Waals surface area contributed by atoms with Gasteiger partial charge in [0.15, 0.2) is 0 Å². The third kappa shape index (κ3) is 3.36. The maximum absolute atomic E-state index is 13.1. The fourth-order valence-electron chi connectivity index (χ4n) is 4.35. The number of carbonyl (C=O) groups is 2. The molecule has 7 nitrogen and oxygen atoms in total. The van der Waals surface area contributed by atoms with E-state index >= 15 is 0 Å². The van der Waals surface area contributed by atoms with Crippen molar-refractivity contribution in [1.29, 1.82) is 0 Å². The summed E-state index contributed by atoms with van der Waals surface area (Å²) in [5.74, 6) is 0.187. The van der Waals surface area contributed by atoms with Crippen LogP contribution in [-0.4, -0.2) is 32.8 Å². The summed E-state index contributed by atoms with van der Waals surface area (Å²) in [5, 5.41) is 11.2. The molecule has 0 aliphatic carbocycles. The molecule has 2 aliphatic rings. The largest absolute Gasteiger partial charge is 0.507 e. The Morgan fingerprint density at radius 1 is 1.22 bits per heavy atom. The van der Waals surface area contributed by atoms with Crippen LogP contribution >= 0.6 is 0 Å². The number of furan rings is 1.